The number of nitrogens with zero attached hydrogens (tertiary/aromatic N) is 2. The molecule has 0 unspecified atom stereocenters. The number of likely N-dealkylation sites (tertiary alicyclic amines) is 1. The third-order valence-electron chi connectivity index (χ3n) is 8.65. The number of aromatic nitrogens is 1. The maximum absolute atomic E-state index is 14.2. The summed E-state index contributed by atoms with van der Waals surface area (Å²) in [5, 5.41) is 11.1. The van der Waals surface area contributed by atoms with Gasteiger partial charge in [-0.3, -0.25) is 14.4 Å². The summed E-state index contributed by atoms with van der Waals surface area (Å²) in [5.41, 5.74) is 1.67. The minimum absolute atomic E-state index is 0.00228. The topological polar surface area (TPSA) is 110 Å². The highest BCUT2D eigenvalue weighted by Gasteiger charge is 2.40. The van der Waals surface area contributed by atoms with Crippen LogP contribution in [0.5, 0.6) is 5.75 Å². The van der Waals surface area contributed by atoms with Gasteiger partial charge < -0.3 is 25.0 Å². The second-order valence-corrected chi connectivity index (χ2v) is 12.4. The molecule has 1 aromatic heterocycles. The van der Waals surface area contributed by atoms with Gasteiger partial charge in [0, 0.05) is 18.8 Å². The van der Waals surface area contributed by atoms with E-state index in [1.54, 1.807) is 18.4 Å². The first-order valence-electron chi connectivity index (χ1n) is 15.4. The second-order valence-electron chi connectivity index (χ2n) is 11.5. The molecule has 2 amide bonds. The normalized spacial score (nSPS) is 18.8. The van der Waals surface area contributed by atoms with E-state index in [4.69, 9.17) is 14.5 Å². The predicted octanol–water partition coefficient (Wildman–Crippen LogP) is 5.24. The number of ether oxygens (including phenoxy) is 2. The van der Waals surface area contributed by atoms with Gasteiger partial charge in [-0.25, -0.2) is 4.98 Å². The molecular weight excluding hydrogens is 564 g/mol. The molecule has 2 N–H and O–H groups in total. The lowest BCUT2D eigenvalue weighted by molar-refractivity contribution is -0.141. The molecule has 3 atom stereocenters. The number of nitrogens with one attached hydrogen (secondary N) is 2. The Bertz CT molecular complexity index is 1440. The molecule has 230 valence electrons. The predicted molar refractivity (Wildman–Crippen MR) is 168 cm³/mol. The van der Waals surface area contributed by atoms with Crippen molar-refractivity contribution in [3.05, 3.63) is 46.8 Å². The smallest absolute Gasteiger partial charge is 0.302 e. The SMILES string of the molecule is CN[C@@H](C)C(=O)N[C@H](C(=O)N1CCC[C@H]1c1nc(-c2c(OCCOC(C)=O)ccc3ccccc23)cs1)C1CCCCC1. The molecule has 0 radical (unpaired) electrons. The Morgan fingerprint density at radius 1 is 1.05 bits per heavy atom. The Balaban J connectivity index is 1.41. The van der Waals surface area contributed by atoms with Gasteiger partial charge in [-0.15, -0.1) is 11.3 Å². The zero-order chi connectivity index (χ0) is 30.3. The molecule has 43 heavy (non-hydrogen) atoms. The van der Waals surface area contributed by atoms with Crippen LogP contribution in [0.1, 0.15) is 69.8 Å². The van der Waals surface area contributed by atoms with Crippen LogP contribution in [0.2, 0.25) is 0 Å². The van der Waals surface area contributed by atoms with Crippen LogP contribution in [0.15, 0.2) is 41.8 Å². The fourth-order valence-electron chi connectivity index (χ4n) is 6.25. The Hall–Kier alpha value is -3.50. The number of hydrogen-bond donors (Lipinski definition) is 2. The van der Waals surface area contributed by atoms with Crippen LogP contribution >= 0.6 is 11.3 Å². The number of esters is 1. The zero-order valence-corrected chi connectivity index (χ0v) is 26.1. The van der Waals surface area contributed by atoms with Crippen molar-refractivity contribution >= 4 is 39.9 Å². The number of rotatable bonds is 11. The molecule has 1 saturated heterocycles. The molecule has 0 spiro atoms. The Morgan fingerprint density at radius 3 is 2.60 bits per heavy atom. The second kappa shape index (κ2) is 14.3. The average Bonchev–Trinajstić information content (AvgIpc) is 3.71. The first kappa shape index (κ1) is 30.9. The summed E-state index contributed by atoms with van der Waals surface area (Å²) in [6.07, 6.45) is 6.97. The lowest BCUT2D eigenvalue weighted by atomic mass is 9.83. The third-order valence-corrected chi connectivity index (χ3v) is 9.59. The van der Waals surface area contributed by atoms with E-state index >= 15 is 0 Å². The largest absolute Gasteiger partial charge is 0.489 e. The van der Waals surface area contributed by atoms with Gasteiger partial charge in [0.2, 0.25) is 11.8 Å². The molecule has 5 rings (SSSR count). The van der Waals surface area contributed by atoms with Gasteiger partial charge >= 0.3 is 5.97 Å². The molecule has 0 bridgehead atoms. The van der Waals surface area contributed by atoms with Crippen molar-refractivity contribution in [2.45, 2.75) is 76.9 Å². The molecule has 10 heteroatoms. The molecule has 1 saturated carbocycles. The van der Waals surface area contributed by atoms with E-state index < -0.39 is 6.04 Å². The third kappa shape index (κ3) is 7.18. The number of fused-ring (bicyclic) bond motifs is 1. The Kier molecular flexibility index (Phi) is 10.3. The van der Waals surface area contributed by atoms with E-state index in [-0.39, 0.29) is 49.0 Å². The molecule has 2 aromatic carbocycles. The number of thiazole rings is 1. The summed E-state index contributed by atoms with van der Waals surface area (Å²) in [7, 11) is 1.75. The number of carbonyl (C=O) groups is 3. The molecule has 9 nitrogen and oxygen atoms in total. The van der Waals surface area contributed by atoms with Crippen molar-refractivity contribution in [3.8, 4) is 17.0 Å². The van der Waals surface area contributed by atoms with E-state index in [0.717, 1.165) is 65.6 Å². The summed E-state index contributed by atoms with van der Waals surface area (Å²) in [4.78, 5) is 45.4. The number of hydrogen-bond acceptors (Lipinski definition) is 8. The zero-order valence-electron chi connectivity index (χ0n) is 25.3. The van der Waals surface area contributed by atoms with Crippen LogP contribution in [0, 0.1) is 5.92 Å². The van der Waals surface area contributed by atoms with Crippen LogP contribution in [-0.2, 0) is 19.1 Å². The summed E-state index contributed by atoms with van der Waals surface area (Å²) in [6, 6.07) is 11.0. The highest BCUT2D eigenvalue weighted by molar-refractivity contribution is 7.10. The summed E-state index contributed by atoms with van der Waals surface area (Å²) in [5.74, 6) is 0.327. The Morgan fingerprint density at radius 2 is 1.84 bits per heavy atom. The van der Waals surface area contributed by atoms with Crippen LogP contribution in [0.4, 0.5) is 0 Å². The highest BCUT2D eigenvalue weighted by atomic mass is 32.1. The minimum Gasteiger partial charge on any atom is -0.489 e. The van der Waals surface area contributed by atoms with E-state index in [1.807, 2.05) is 41.5 Å². The molecule has 2 fully saturated rings. The molecule has 2 heterocycles. The van der Waals surface area contributed by atoms with Crippen LogP contribution in [0.25, 0.3) is 22.0 Å². The lowest BCUT2D eigenvalue weighted by Crippen LogP contribution is -2.55. The molecule has 3 aromatic rings. The highest BCUT2D eigenvalue weighted by Crippen LogP contribution is 2.41. The number of amides is 2. The van der Waals surface area contributed by atoms with Crippen molar-refractivity contribution in [3.63, 3.8) is 0 Å². The first-order valence-corrected chi connectivity index (χ1v) is 16.3. The van der Waals surface area contributed by atoms with Crippen molar-refractivity contribution in [1.29, 1.82) is 0 Å². The summed E-state index contributed by atoms with van der Waals surface area (Å²) < 4.78 is 11.1. The number of likely N-dealkylation sites (N-methyl/N-ethyl adjacent to an activating group) is 1. The molecular formula is C33H42N4O5S. The van der Waals surface area contributed by atoms with Gasteiger partial charge in [-0.05, 0) is 62.4 Å². The first-order chi connectivity index (χ1) is 20.9. The Labute approximate surface area is 257 Å². The van der Waals surface area contributed by atoms with Crippen LogP contribution in [-0.4, -0.2) is 66.6 Å². The van der Waals surface area contributed by atoms with E-state index in [0.29, 0.717) is 12.3 Å². The van der Waals surface area contributed by atoms with Gasteiger partial charge in [0.25, 0.3) is 0 Å². The van der Waals surface area contributed by atoms with Gasteiger partial charge in [-0.1, -0.05) is 49.6 Å². The maximum Gasteiger partial charge on any atom is 0.302 e. The van der Waals surface area contributed by atoms with Crippen molar-refractivity contribution in [1.82, 2.24) is 20.5 Å². The van der Waals surface area contributed by atoms with Gasteiger partial charge in [0.15, 0.2) is 0 Å². The standard InChI is InChI=1S/C33H42N4O5S/c1-21(34-3)31(39)36-30(24-11-5-4-6-12-24)33(40)37-17-9-14-27(37)32-35-26(20-43-32)29-25-13-8-7-10-23(25)15-16-28(29)42-19-18-41-22(2)38/h7-8,10,13,15-16,20-21,24,27,30,34H,4-6,9,11-12,14,17-19H2,1-3H3,(H,36,39)/t21-,27-,30-/m0/s1. The molecule has 2 aliphatic rings. The van der Waals surface area contributed by atoms with E-state index in [2.05, 4.69) is 22.8 Å². The number of benzene rings is 2. The number of carbonyl (C=O) groups excluding carboxylic acids is 3. The average molecular weight is 607 g/mol. The molecule has 1 aliphatic heterocycles. The fourth-order valence-corrected chi connectivity index (χ4v) is 7.21. The fraction of sp³-hybridized carbons (Fsp3) is 0.515. The van der Waals surface area contributed by atoms with Gasteiger partial charge in [0.05, 0.1) is 23.3 Å². The minimum atomic E-state index is -0.529. The van der Waals surface area contributed by atoms with Gasteiger partial charge in [0.1, 0.15) is 30.0 Å². The lowest BCUT2D eigenvalue weighted by Gasteiger charge is -2.35. The van der Waals surface area contributed by atoms with Crippen molar-refractivity contribution in [2.75, 3.05) is 26.8 Å². The summed E-state index contributed by atoms with van der Waals surface area (Å²) in [6.45, 7) is 4.23. The molecule has 1 aliphatic carbocycles. The van der Waals surface area contributed by atoms with E-state index in [9.17, 15) is 14.4 Å². The van der Waals surface area contributed by atoms with E-state index in [1.165, 1.54) is 13.3 Å². The van der Waals surface area contributed by atoms with Crippen LogP contribution < -0.4 is 15.4 Å². The van der Waals surface area contributed by atoms with Crippen LogP contribution in [0.3, 0.4) is 0 Å². The quantitative estimate of drug-likeness (QED) is 0.227. The van der Waals surface area contributed by atoms with Crippen molar-refractivity contribution in [2.24, 2.45) is 5.92 Å². The van der Waals surface area contributed by atoms with Crippen molar-refractivity contribution < 1.29 is 23.9 Å². The maximum atomic E-state index is 14.2. The monoisotopic (exact) mass is 606 g/mol. The van der Waals surface area contributed by atoms with Gasteiger partial charge in [-0.2, -0.15) is 0 Å². The summed E-state index contributed by atoms with van der Waals surface area (Å²) >= 11 is 1.55.